The molecule has 1 saturated heterocycles. The van der Waals surface area contributed by atoms with Gasteiger partial charge in [-0.3, -0.25) is 9.69 Å². The fraction of sp³-hybridized carbons (Fsp3) is 0.750. The lowest BCUT2D eigenvalue weighted by atomic mass is 10.1. The number of hydrogen-bond acceptors (Lipinski definition) is 5. The quantitative estimate of drug-likeness (QED) is 0.700. The Bertz CT molecular complexity index is 463. The van der Waals surface area contributed by atoms with E-state index in [9.17, 15) is 4.79 Å². The van der Waals surface area contributed by atoms with Crippen molar-refractivity contribution >= 4 is 30.7 Å². The highest BCUT2D eigenvalue weighted by Gasteiger charge is 2.21. The molecular weight excluding hydrogens is 351 g/mol. The summed E-state index contributed by atoms with van der Waals surface area (Å²) in [5.74, 6) is 1.14. The smallest absolute Gasteiger partial charge is 0.222 e. The van der Waals surface area contributed by atoms with E-state index in [1.54, 1.807) is 0 Å². The van der Waals surface area contributed by atoms with Gasteiger partial charge in [-0.15, -0.1) is 24.8 Å². The molecule has 0 saturated carbocycles. The minimum atomic E-state index is 0. The molecule has 1 aliphatic rings. The molecule has 1 aromatic rings. The van der Waals surface area contributed by atoms with Gasteiger partial charge in [0.05, 0.1) is 5.69 Å². The maximum absolute atomic E-state index is 12.2. The summed E-state index contributed by atoms with van der Waals surface area (Å²) in [5.41, 5.74) is 6.44. The Kier molecular flexibility index (Phi) is 12.1. The van der Waals surface area contributed by atoms with Crippen molar-refractivity contribution in [2.75, 3.05) is 32.7 Å². The molecule has 0 aliphatic carbocycles. The summed E-state index contributed by atoms with van der Waals surface area (Å²) in [6.45, 7) is 6.91. The average Bonchev–Trinajstić information content (AvgIpc) is 2.93. The normalized spacial score (nSPS) is 14.8. The van der Waals surface area contributed by atoms with Gasteiger partial charge >= 0.3 is 0 Å². The van der Waals surface area contributed by atoms with Crippen molar-refractivity contribution in [1.82, 2.24) is 15.0 Å². The van der Waals surface area contributed by atoms with Gasteiger partial charge in [0.25, 0.3) is 0 Å². The van der Waals surface area contributed by atoms with Crippen LogP contribution in [-0.4, -0.2) is 53.6 Å². The molecule has 0 aromatic carbocycles. The molecule has 2 heterocycles. The zero-order valence-corrected chi connectivity index (χ0v) is 16.0. The fourth-order valence-electron chi connectivity index (χ4n) is 2.81. The van der Waals surface area contributed by atoms with E-state index in [0.29, 0.717) is 12.3 Å². The van der Waals surface area contributed by atoms with E-state index in [1.807, 2.05) is 17.9 Å². The number of carbonyl (C=O) groups excluding carboxylic acids is 1. The highest BCUT2D eigenvalue weighted by molar-refractivity contribution is 5.85. The number of halogens is 2. The Morgan fingerprint density at radius 3 is 2.42 bits per heavy atom. The third kappa shape index (κ3) is 7.83. The topological polar surface area (TPSA) is 75.6 Å². The molecule has 24 heavy (non-hydrogen) atoms. The summed E-state index contributed by atoms with van der Waals surface area (Å²) in [4.78, 5) is 16.5. The second kappa shape index (κ2) is 12.5. The SMILES string of the molecule is Cc1cc(CN2CCN(C(=O)CCCCCCN)CC2)no1.Cl.Cl. The van der Waals surface area contributed by atoms with Crippen molar-refractivity contribution in [1.29, 1.82) is 0 Å². The minimum absolute atomic E-state index is 0. The van der Waals surface area contributed by atoms with Crippen LogP contribution in [0.4, 0.5) is 0 Å². The number of aryl methyl sites for hydroxylation is 1. The lowest BCUT2D eigenvalue weighted by Crippen LogP contribution is -2.48. The molecule has 0 radical (unpaired) electrons. The first-order chi connectivity index (χ1) is 10.7. The first-order valence-corrected chi connectivity index (χ1v) is 8.31. The van der Waals surface area contributed by atoms with Crippen LogP contribution in [0.3, 0.4) is 0 Å². The molecule has 0 atom stereocenters. The van der Waals surface area contributed by atoms with Crippen LogP contribution in [0, 0.1) is 6.92 Å². The van der Waals surface area contributed by atoms with Gasteiger partial charge in [0.1, 0.15) is 5.76 Å². The summed E-state index contributed by atoms with van der Waals surface area (Å²) in [5, 5.41) is 4.02. The van der Waals surface area contributed by atoms with Crippen LogP contribution in [0.5, 0.6) is 0 Å². The van der Waals surface area contributed by atoms with Gasteiger partial charge in [0, 0.05) is 45.2 Å². The zero-order chi connectivity index (χ0) is 15.8. The van der Waals surface area contributed by atoms with Crippen LogP contribution in [0.15, 0.2) is 10.6 Å². The first-order valence-electron chi connectivity index (χ1n) is 8.31. The number of nitrogens with two attached hydrogens (primary N) is 1. The van der Waals surface area contributed by atoms with E-state index < -0.39 is 0 Å². The van der Waals surface area contributed by atoms with Crippen LogP contribution in [0.1, 0.15) is 43.6 Å². The van der Waals surface area contributed by atoms with Gasteiger partial charge in [0.2, 0.25) is 5.91 Å². The van der Waals surface area contributed by atoms with Crippen LogP contribution >= 0.6 is 24.8 Å². The summed E-state index contributed by atoms with van der Waals surface area (Å²) in [7, 11) is 0. The molecular formula is C16H30Cl2N4O2. The molecule has 0 bridgehead atoms. The van der Waals surface area contributed by atoms with E-state index >= 15 is 0 Å². The van der Waals surface area contributed by atoms with Gasteiger partial charge in [-0.05, 0) is 26.3 Å². The molecule has 140 valence electrons. The highest BCUT2D eigenvalue weighted by Crippen LogP contribution is 2.11. The van der Waals surface area contributed by atoms with Crippen LogP contribution in [0.25, 0.3) is 0 Å². The third-order valence-electron chi connectivity index (χ3n) is 4.13. The highest BCUT2D eigenvalue weighted by atomic mass is 35.5. The number of nitrogens with zero attached hydrogens (tertiary/aromatic N) is 3. The van der Waals surface area contributed by atoms with E-state index in [1.165, 1.54) is 0 Å². The van der Waals surface area contributed by atoms with E-state index in [0.717, 1.165) is 76.4 Å². The molecule has 1 aliphatic heterocycles. The summed E-state index contributed by atoms with van der Waals surface area (Å²) >= 11 is 0. The summed E-state index contributed by atoms with van der Waals surface area (Å²) in [6.07, 6.45) is 4.96. The Labute approximate surface area is 156 Å². The fourth-order valence-corrected chi connectivity index (χ4v) is 2.81. The maximum Gasteiger partial charge on any atom is 0.222 e. The van der Waals surface area contributed by atoms with Crippen molar-refractivity contribution < 1.29 is 9.32 Å². The zero-order valence-electron chi connectivity index (χ0n) is 14.4. The standard InChI is InChI=1S/C16H28N4O2.2ClH/c1-14-12-15(18-22-14)13-19-8-10-20(11-9-19)16(21)6-4-2-3-5-7-17;;/h12H,2-11,13,17H2,1H3;2*1H. The number of aromatic nitrogens is 1. The van der Waals surface area contributed by atoms with Crippen LogP contribution in [0.2, 0.25) is 0 Å². The number of rotatable bonds is 8. The number of carbonyl (C=O) groups is 1. The molecule has 1 amide bonds. The molecule has 6 nitrogen and oxygen atoms in total. The van der Waals surface area contributed by atoms with Crippen LogP contribution in [-0.2, 0) is 11.3 Å². The third-order valence-corrected chi connectivity index (χ3v) is 4.13. The second-order valence-electron chi connectivity index (χ2n) is 6.04. The van der Waals surface area contributed by atoms with E-state index in [4.69, 9.17) is 10.3 Å². The van der Waals surface area contributed by atoms with Gasteiger partial charge < -0.3 is 15.2 Å². The minimum Gasteiger partial charge on any atom is -0.361 e. The number of amides is 1. The Hall–Kier alpha value is -0.820. The summed E-state index contributed by atoms with van der Waals surface area (Å²) < 4.78 is 5.09. The van der Waals surface area contributed by atoms with Crippen LogP contribution < -0.4 is 5.73 Å². The number of unbranched alkanes of at least 4 members (excludes halogenated alkanes) is 3. The largest absolute Gasteiger partial charge is 0.361 e. The molecule has 0 spiro atoms. The van der Waals surface area contributed by atoms with E-state index in [-0.39, 0.29) is 24.8 Å². The average molecular weight is 381 g/mol. The number of piperazine rings is 1. The molecule has 1 aromatic heterocycles. The van der Waals surface area contributed by atoms with Crippen molar-refractivity contribution in [3.05, 3.63) is 17.5 Å². The van der Waals surface area contributed by atoms with Gasteiger partial charge in [-0.1, -0.05) is 18.0 Å². The second-order valence-corrected chi connectivity index (χ2v) is 6.04. The van der Waals surface area contributed by atoms with Crippen molar-refractivity contribution in [2.24, 2.45) is 5.73 Å². The predicted molar refractivity (Wildman–Crippen MR) is 99.7 cm³/mol. The Morgan fingerprint density at radius 1 is 1.17 bits per heavy atom. The summed E-state index contributed by atoms with van der Waals surface area (Å²) in [6, 6.07) is 1.97. The molecule has 2 rings (SSSR count). The van der Waals surface area contributed by atoms with Crippen molar-refractivity contribution in [2.45, 2.75) is 45.6 Å². The van der Waals surface area contributed by atoms with Gasteiger partial charge in [-0.25, -0.2) is 0 Å². The monoisotopic (exact) mass is 380 g/mol. The van der Waals surface area contributed by atoms with E-state index in [2.05, 4.69) is 10.1 Å². The lowest BCUT2D eigenvalue weighted by molar-refractivity contribution is -0.133. The molecule has 1 fully saturated rings. The van der Waals surface area contributed by atoms with Crippen molar-refractivity contribution in [3.63, 3.8) is 0 Å². The maximum atomic E-state index is 12.2. The molecule has 2 N–H and O–H groups in total. The first kappa shape index (κ1) is 23.2. The van der Waals surface area contributed by atoms with Gasteiger partial charge in [-0.2, -0.15) is 0 Å². The molecule has 0 unspecified atom stereocenters. The van der Waals surface area contributed by atoms with Crippen molar-refractivity contribution in [3.8, 4) is 0 Å². The van der Waals surface area contributed by atoms with Gasteiger partial charge in [0.15, 0.2) is 0 Å². The number of hydrogen-bond donors (Lipinski definition) is 1. The predicted octanol–water partition coefficient (Wildman–Crippen LogP) is 2.38. The Morgan fingerprint density at radius 2 is 1.83 bits per heavy atom. The molecule has 8 heteroatoms. The lowest BCUT2D eigenvalue weighted by Gasteiger charge is -2.34. The Balaban J connectivity index is 0.00000264.